The highest BCUT2D eigenvalue weighted by Crippen LogP contribution is 2.18. The summed E-state index contributed by atoms with van der Waals surface area (Å²) in [5.41, 5.74) is 1.59. The van der Waals surface area contributed by atoms with Gasteiger partial charge in [-0.1, -0.05) is 5.16 Å². The standard InChI is InChI=1S/C17H22N2O4/c1-11-15(12(2)23-19-11)9-22-14-7-5-13(6-8-14)16(21)18-17(3,4)10-20/h5-8,20H,9-10H2,1-4H3,(H,18,21). The SMILES string of the molecule is Cc1noc(C)c1COc1ccc(C(=O)NC(C)(C)CO)cc1. The fourth-order valence-electron chi connectivity index (χ4n) is 1.99. The van der Waals surface area contributed by atoms with Gasteiger partial charge in [0.25, 0.3) is 5.91 Å². The van der Waals surface area contributed by atoms with Gasteiger partial charge in [-0.05, 0) is 52.0 Å². The maximum atomic E-state index is 12.1. The highest BCUT2D eigenvalue weighted by Gasteiger charge is 2.20. The topological polar surface area (TPSA) is 84.6 Å². The predicted molar refractivity (Wildman–Crippen MR) is 85.4 cm³/mol. The molecule has 0 spiro atoms. The van der Waals surface area contributed by atoms with E-state index in [2.05, 4.69) is 10.5 Å². The van der Waals surface area contributed by atoms with E-state index in [1.807, 2.05) is 13.8 Å². The minimum Gasteiger partial charge on any atom is -0.489 e. The molecule has 0 aliphatic rings. The van der Waals surface area contributed by atoms with Crippen molar-refractivity contribution in [3.8, 4) is 5.75 Å². The third kappa shape index (κ3) is 4.32. The predicted octanol–water partition coefficient (Wildman–Crippen LogP) is 2.37. The second kappa shape index (κ2) is 6.83. The van der Waals surface area contributed by atoms with Crippen LogP contribution in [0.3, 0.4) is 0 Å². The third-order valence-corrected chi connectivity index (χ3v) is 3.53. The van der Waals surface area contributed by atoms with Crippen LogP contribution in [0.1, 0.15) is 41.2 Å². The second-order valence-corrected chi connectivity index (χ2v) is 6.11. The zero-order chi connectivity index (χ0) is 17.0. The fourth-order valence-corrected chi connectivity index (χ4v) is 1.99. The van der Waals surface area contributed by atoms with Crippen molar-refractivity contribution in [3.63, 3.8) is 0 Å². The molecule has 2 rings (SSSR count). The van der Waals surface area contributed by atoms with Gasteiger partial charge in [0.2, 0.25) is 0 Å². The molecule has 0 atom stereocenters. The molecule has 1 heterocycles. The number of amides is 1. The number of ether oxygens (including phenoxy) is 1. The lowest BCUT2D eigenvalue weighted by Gasteiger charge is -2.23. The highest BCUT2D eigenvalue weighted by molar-refractivity contribution is 5.94. The molecule has 124 valence electrons. The molecule has 1 amide bonds. The third-order valence-electron chi connectivity index (χ3n) is 3.53. The van der Waals surface area contributed by atoms with E-state index < -0.39 is 5.54 Å². The lowest BCUT2D eigenvalue weighted by Crippen LogP contribution is -2.46. The van der Waals surface area contributed by atoms with Crippen molar-refractivity contribution in [3.05, 3.63) is 46.8 Å². The van der Waals surface area contributed by atoms with Crippen LogP contribution in [0.4, 0.5) is 0 Å². The normalized spacial score (nSPS) is 11.3. The summed E-state index contributed by atoms with van der Waals surface area (Å²) in [7, 11) is 0. The Morgan fingerprint density at radius 3 is 2.48 bits per heavy atom. The second-order valence-electron chi connectivity index (χ2n) is 6.11. The smallest absolute Gasteiger partial charge is 0.251 e. The molecule has 0 radical (unpaired) electrons. The zero-order valence-corrected chi connectivity index (χ0v) is 13.8. The lowest BCUT2D eigenvalue weighted by molar-refractivity contribution is 0.0869. The Morgan fingerprint density at radius 1 is 1.30 bits per heavy atom. The number of nitrogens with one attached hydrogen (secondary N) is 1. The summed E-state index contributed by atoms with van der Waals surface area (Å²) in [5, 5.41) is 15.8. The molecular formula is C17H22N2O4. The van der Waals surface area contributed by atoms with Crippen molar-refractivity contribution in [1.29, 1.82) is 0 Å². The van der Waals surface area contributed by atoms with Gasteiger partial charge < -0.3 is 19.7 Å². The van der Waals surface area contributed by atoms with Gasteiger partial charge in [0.05, 0.1) is 23.4 Å². The van der Waals surface area contributed by atoms with Crippen LogP contribution in [0.2, 0.25) is 0 Å². The number of carbonyl (C=O) groups is 1. The van der Waals surface area contributed by atoms with E-state index in [1.165, 1.54) is 0 Å². The summed E-state index contributed by atoms with van der Waals surface area (Å²) in [6.45, 7) is 7.46. The van der Waals surface area contributed by atoms with Crippen LogP contribution >= 0.6 is 0 Å². The Hall–Kier alpha value is -2.34. The molecule has 2 aromatic rings. The van der Waals surface area contributed by atoms with Gasteiger partial charge in [-0.25, -0.2) is 0 Å². The van der Waals surface area contributed by atoms with Crippen molar-refractivity contribution in [2.75, 3.05) is 6.61 Å². The van der Waals surface area contributed by atoms with Gasteiger partial charge in [0.1, 0.15) is 18.1 Å². The Labute approximate surface area is 135 Å². The number of aliphatic hydroxyl groups is 1. The maximum absolute atomic E-state index is 12.1. The Balaban J connectivity index is 1.98. The van der Waals surface area contributed by atoms with Crippen LogP contribution in [-0.2, 0) is 6.61 Å². The summed E-state index contributed by atoms with van der Waals surface area (Å²) < 4.78 is 10.8. The molecule has 2 N–H and O–H groups in total. The largest absolute Gasteiger partial charge is 0.489 e. The van der Waals surface area contributed by atoms with Crippen molar-refractivity contribution in [1.82, 2.24) is 10.5 Å². The Bertz CT molecular complexity index is 655. The van der Waals surface area contributed by atoms with Crippen molar-refractivity contribution < 1.29 is 19.2 Å². The Kier molecular flexibility index (Phi) is 5.05. The minimum absolute atomic E-state index is 0.128. The molecule has 6 nitrogen and oxygen atoms in total. The molecule has 0 bridgehead atoms. The number of nitrogens with zero attached hydrogens (tertiary/aromatic N) is 1. The van der Waals surface area contributed by atoms with Crippen molar-refractivity contribution >= 4 is 5.91 Å². The molecule has 6 heteroatoms. The Morgan fingerprint density at radius 2 is 1.96 bits per heavy atom. The van der Waals surface area contributed by atoms with Crippen molar-refractivity contribution in [2.24, 2.45) is 0 Å². The minimum atomic E-state index is -0.657. The number of hydrogen-bond donors (Lipinski definition) is 2. The van der Waals surface area contributed by atoms with Gasteiger partial charge in [0.15, 0.2) is 0 Å². The number of aliphatic hydroxyl groups excluding tert-OH is 1. The molecule has 23 heavy (non-hydrogen) atoms. The van der Waals surface area contributed by atoms with Crippen LogP contribution in [0, 0.1) is 13.8 Å². The quantitative estimate of drug-likeness (QED) is 0.854. The number of benzene rings is 1. The summed E-state index contributed by atoms with van der Waals surface area (Å²) in [5.74, 6) is 1.16. The zero-order valence-electron chi connectivity index (χ0n) is 13.8. The average Bonchev–Trinajstić information content (AvgIpc) is 2.84. The monoisotopic (exact) mass is 318 g/mol. The molecule has 0 fully saturated rings. The van der Waals surface area contributed by atoms with Crippen LogP contribution in [-0.4, -0.2) is 28.3 Å². The van der Waals surface area contributed by atoms with Crippen LogP contribution in [0.5, 0.6) is 5.75 Å². The van der Waals surface area contributed by atoms with E-state index in [4.69, 9.17) is 9.26 Å². The molecule has 0 aliphatic carbocycles. The lowest BCUT2D eigenvalue weighted by atomic mass is 10.1. The van der Waals surface area contributed by atoms with E-state index in [0.29, 0.717) is 17.9 Å². The number of aryl methyl sites for hydroxylation is 2. The first-order chi connectivity index (χ1) is 10.8. The number of hydrogen-bond acceptors (Lipinski definition) is 5. The van der Waals surface area contributed by atoms with Crippen molar-refractivity contribution in [2.45, 2.75) is 39.8 Å². The van der Waals surface area contributed by atoms with E-state index in [-0.39, 0.29) is 12.5 Å². The van der Waals surface area contributed by atoms with Gasteiger partial charge in [-0.3, -0.25) is 4.79 Å². The molecule has 0 saturated heterocycles. The van der Waals surface area contributed by atoms with Crippen LogP contribution in [0.15, 0.2) is 28.8 Å². The van der Waals surface area contributed by atoms with Gasteiger partial charge in [-0.2, -0.15) is 0 Å². The summed E-state index contributed by atoms with van der Waals surface area (Å²) in [6.07, 6.45) is 0. The van der Waals surface area contributed by atoms with Gasteiger partial charge >= 0.3 is 0 Å². The summed E-state index contributed by atoms with van der Waals surface area (Å²) in [6, 6.07) is 6.84. The van der Waals surface area contributed by atoms with E-state index >= 15 is 0 Å². The maximum Gasteiger partial charge on any atom is 0.251 e. The molecule has 0 unspecified atom stereocenters. The first kappa shape index (κ1) is 17.0. The first-order valence-electron chi connectivity index (χ1n) is 7.40. The molecule has 0 aliphatic heterocycles. The first-order valence-corrected chi connectivity index (χ1v) is 7.40. The molecule has 1 aromatic carbocycles. The van der Waals surface area contributed by atoms with E-state index in [9.17, 15) is 9.90 Å². The van der Waals surface area contributed by atoms with Crippen LogP contribution < -0.4 is 10.1 Å². The molecule has 1 aromatic heterocycles. The number of aromatic nitrogens is 1. The highest BCUT2D eigenvalue weighted by atomic mass is 16.5. The summed E-state index contributed by atoms with van der Waals surface area (Å²) >= 11 is 0. The number of carbonyl (C=O) groups excluding carboxylic acids is 1. The number of rotatable bonds is 6. The summed E-state index contributed by atoms with van der Waals surface area (Å²) in [4.78, 5) is 12.1. The van der Waals surface area contributed by atoms with Crippen LogP contribution in [0.25, 0.3) is 0 Å². The van der Waals surface area contributed by atoms with Gasteiger partial charge in [-0.15, -0.1) is 0 Å². The molecular weight excluding hydrogens is 296 g/mol. The average molecular weight is 318 g/mol. The molecule has 0 saturated carbocycles. The van der Waals surface area contributed by atoms with E-state index in [0.717, 1.165) is 17.0 Å². The van der Waals surface area contributed by atoms with E-state index in [1.54, 1.807) is 38.1 Å². The fraction of sp³-hybridized carbons (Fsp3) is 0.412. The van der Waals surface area contributed by atoms with Gasteiger partial charge in [0, 0.05) is 5.56 Å².